The van der Waals surface area contributed by atoms with E-state index >= 15 is 0 Å². The van der Waals surface area contributed by atoms with E-state index in [0.29, 0.717) is 5.56 Å². The molecule has 1 aliphatic rings. The molecule has 7 nitrogen and oxygen atoms in total. The molecule has 0 spiro atoms. The van der Waals surface area contributed by atoms with Crippen molar-refractivity contribution in [2.75, 3.05) is 0 Å². The average molecular weight is 308 g/mol. The summed E-state index contributed by atoms with van der Waals surface area (Å²) in [7, 11) is 0. The molecule has 0 amide bonds. The predicted molar refractivity (Wildman–Crippen MR) is 77.9 cm³/mol. The molecule has 8 heteroatoms. The lowest BCUT2D eigenvalue weighted by Gasteiger charge is -2.24. The highest BCUT2D eigenvalue weighted by molar-refractivity contribution is 7.79. The maximum absolute atomic E-state index is 12.1. The third-order valence-corrected chi connectivity index (χ3v) is 3.82. The van der Waals surface area contributed by atoms with Crippen molar-refractivity contribution < 1.29 is 14.1 Å². The fourth-order valence-electron chi connectivity index (χ4n) is 2.16. The van der Waals surface area contributed by atoms with Gasteiger partial charge in [-0.05, 0) is 24.8 Å². The number of rotatable bonds is 4. The lowest BCUT2D eigenvalue weighted by molar-refractivity contribution is -0.384. The molecule has 0 bridgehead atoms. The molecular formula is C13H12N2O5S. The van der Waals surface area contributed by atoms with Gasteiger partial charge in [0.15, 0.2) is 0 Å². The van der Waals surface area contributed by atoms with Crippen molar-refractivity contribution in [3.8, 4) is 6.08 Å². The minimum atomic E-state index is -0.617. The Labute approximate surface area is 124 Å². The van der Waals surface area contributed by atoms with Gasteiger partial charge < -0.3 is 9.15 Å². The standard InChI is InChI=1S/C13H12N2O5S/c16-12-11-7(6-21)4-8(15(17)18)5-10(11)14-13(20-12)19-9-2-1-3-9/h4-5,9,21H,1-3,6H2. The number of ether oxygens (including phenoxy) is 1. The molecule has 1 fully saturated rings. The van der Waals surface area contributed by atoms with Crippen LogP contribution < -0.4 is 10.4 Å². The number of thiol groups is 1. The topological polar surface area (TPSA) is 95.5 Å². The van der Waals surface area contributed by atoms with Crippen molar-refractivity contribution >= 4 is 29.2 Å². The fraction of sp³-hybridized carbons (Fsp3) is 0.385. The van der Waals surface area contributed by atoms with E-state index in [9.17, 15) is 14.9 Å². The predicted octanol–water partition coefficient (Wildman–Crippen LogP) is 2.46. The van der Waals surface area contributed by atoms with E-state index in [4.69, 9.17) is 9.15 Å². The zero-order valence-corrected chi connectivity index (χ0v) is 11.8. The lowest BCUT2D eigenvalue weighted by Crippen LogP contribution is -2.25. The number of benzene rings is 1. The van der Waals surface area contributed by atoms with Gasteiger partial charge in [0, 0.05) is 17.9 Å². The van der Waals surface area contributed by atoms with Gasteiger partial charge in [0.1, 0.15) is 6.10 Å². The van der Waals surface area contributed by atoms with E-state index in [-0.39, 0.29) is 34.5 Å². The van der Waals surface area contributed by atoms with Crippen molar-refractivity contribution in [2.45, 2.75) is 31.1 Å². The van der Waals surface area contributed by atoms with Crippen LogP contribution >= 0.6 is 12.6 Å². The van der Waals surface area contributed by atoms with Gasteiger partial charge in [0.05, 0.1) is 15.8 Å². The first-order valence-corrected chi connectivity index (χ1v) is 7.11. The highest BCUT2D eigenvalue weighted by atomic mass is 32.1. The molecule has 0 radical (unpaired) electrons. The van der Waals surface area contributed by atoms with Crippen LogP contribution in [0, 0.1) is 10.1 Å². The lowest BCUT2D eigenvalue weighted by atomic mass is 9.96. The second-order valence-corrected chi connectivity index (χ2v) is 5.17. The first kappa shape index (κ1) is 13.9. The third kappa shape index (κ3) is 2.58. The molecule has 1 aromatic carbocycles. The van der Waals surface area contributed by atoms with Crippen LogP contribution in [0.25, 0.3) is 10.9 Å². The summed E-state index contributed by atoms with van der Waals surface area (Å²) in [6.45, 7) is 0. The Morgan fingerprint density at radius 1 is 1.48 bits per heavy atom. The summed E-state index contributed by atoms with van der Waals surface area (Å²) in [6.07, 6.45) is 2.71. The number of non-ortho nitro benzene ring substituents is 1. The van der Waals surface area contributed by atoms with Gasteiger partial charge in [-0.15, -0.1) is 0 Å². The summed E-state index contributed by atoms with van der Waals surface area (Å²) in [5.74, 6) is 0.174. The molecule has 1 aromatic heterocycles. The summed E-state index contributed by atoms with van der Waals surface area (Å²) in [5.41, 5.74) is -0.148. The van der Waals surface area contributed by atoms with Crippen LogP contribution in [-0.2, 0) is 5.75 Å². The van der Waals surface area contributed by atoms with Crippen molar-refractivity contribution in [1.82, 2.24) is 4.98 Å². The SMILES string of the molecule is O=c1oc(OC2CCC2)nc2cc([N+](=O)[O-])cc(CS)c12. The summed E-state index contributed by atoms with van der Waals surface area (Å²) in [5, 5.41) is 11.1. The average Bonchev–Trinajstić information content (AvgIpc) is 2.41. The zero-order chi connectivity index (χ0) is 15.0. The summed E-state index contributed by atoms with van der Waals surface area (Å²) >= 11 is 4.09. The van der Waals surface area contributed by atoms with E-state index in [1.54, 1.807) is 0 Å². The number of nitrogens with zero attached hydrogens (tertiary/aromatic N) is 2. The van der Waals surface area contributed by atoms with Gasteiger partial charge >= 0.3 is 11.7 Å². The maximum Gasteiger partial charge on any atom is 0.397 e. The minimum Gasteiger partial charge on any atom is -0.447 e. The first-order chi connectivity index (χ1) is 10.1. The number of hydrogen-bond donors (Lipinski definition) is 1. The highest BCUT2D eigenvalue weighted by Gasteiger charge is 2.22. The molecule has 0 atom stereocenters. The minimum absolute atomic E-state index is 0.00106. The molecule has 110 valence electrons. The quantitative estimate of drug-likeness (QED) is 0.529. The molecule has 3 rings (SSSR count). The monoisotopic (exact) mass is 308 g/mol. The maximum atomic E-state index is 12.1. The second-order valence-electron chi connectivity index (χ2n) is 4.85. The van der Waals surface area contributed by atoms with Crippen molar-refractivity contribution in [2.24, 2.45) is 0 Å². The van der Waals surface area contributed by atoms with Crippen LogP contribution in [0.15, 0.2) is 21.3 Å². The largest absolute Gasteiger partial charge is 0.447 e. The molecular weight excluding hydrogens is 296 g/mol. The van der Waals surface area contributed by atoms with Crippen molar-refractivity contribution in [1.29, 1.82) is 0 Å². The Kier molecular flexibility index (Phi) is 3.54. The number of aromatic nitrogens is 1. The Morgan fingerprint density at radius 3 is 2.81 bits per heavy atom. The molecule has 1 aliphatic carbocycles. The number of nitro benzene ring substituents is 1. The van der Waals surface area contributed by atoms with E-state index < -0.39 is 10.5 Å². The van der Waals surface area contributed by atoms with Crippen molar-refractivity contribution in [3.63, 3.8) is 0 Å². The first-order valence-electron chi connectivity index (χ1n) is 6.48. The Hall–Kier alpha value is -2.09. The molecule has 2 aromatic rings. The normalized spacial score (nSPS) is 14.9. The summed E-state index contributed by atoms with van der Waals surface area (Å²) < 4.78 is 10.5. The molecule has 1 heterocycles. The van der Waals surface area contributed by atoms with Gasteiger partial charge in [-0.3, -0.25) is 10.1 Å². The third-order valence-electron chi connectivity index (χ3n) is 3.48. The summed E-state index contributed by atoms with van der Waals surface area (Å²) in [6, 6.07) is 2.55. The number of nitro groups is 1. The summed E-state index contributed by atoms with van der Waals surface area (Å²) in [4.78, 5) is 26.5. The highest BCUT2D eigenvalue weighted by Crippen LogP contribution is 2.27. The zero-order valence-electron chi connectivity index (χ0n) is 10.9. The second kappa shape index (κ2) is 5.36. The number of fused-ring (bicyclic) bond motifs is 1. The molecule has 1 saturated carbocycles. The van der Waals surface area contributed by atoms with Crippen LogP contribution in [0.5, 0.6) is 6.08 Å². The van der Waals surface area contributed by atoms with Gasteiger partial charge in [-0.1, -0.05) is 0 Å². The van der Waals surface area contributed by atoms with Gasteiger partial charge in [-0.25, -0.2) is 4.79 Å². The van der Waals surface area contributed by atoms with E-state index in [1.165, 1.54) is 12.1 Å². The molecule has 21 heavy (non-hydrogen) atoms. The molecule has 0 saturated heterocycles. The van der Waals surface area contributed by atoms with E-state index in [2.05, 4.69) is 17.6 Å². The Balaban J connectivity index is 2.14. The van der Waals surface area contributed by atoms with E-state index in [1.807, 2.05) is 0 Å². The van der Waals surface area contributed by atoms with Crippen LogP contribution in [0.4, 0.5) is 5.69 Å². The Morgan fingerprint density at radius 2 is 2.24 bits per heavy atom. The number of hydrogen-bond acceptors (Lipinski definition) is 7. The smallest absolute Gasteiger partial charge is 0.397 e. The van der Waals surface area contributed by atoms with Gasteiger partial charge in [-0.2, -0.15) is 17.6 Å². The Bertz CT molecular complexity index is 769. The molecule has 0 unspecified atom stereocenters. The fourth-order valence-corrected chi connectivity index (χ4v) is 2.41. The molecule has 0 aliphatic heterocycles. The van der Waals surface area contributed by atoms with Gasteiger partial charge in [0.2, 0.25) is 0 Å². The van der Waals surface area contributed by atoms with Crippen LogP contribution in [0.1, 0.15) is 24.8 Å². The van der Waals surface area contributed by atoms with E-state index in [0.717, 1.165) is 19.3 Å². The van der Waals surface area contributed by atoms with Crippen LogP contribution in [0.3, 0.4) is 0 Å². The van der Waals surface area contributed by atoms with Crippen LogP contribution in [0.2, 0.25) is 0 Å². The van der Waals surface area contributed by atoms with Gasteiger partial charge in [0.25, 0.3) is 5.69 Å². The molecule has 0 N–H and O–H groups in total. The van der Waals surface area contributed by atoms with Crippen molar-refractivity contribution in [3.05, 3.63) is 38.2 Å². The van der Waals surface area contributed by atoms with Crippen LogP contribution in [-0.4, -0.2) is 16.0 Å².